The summed E-state index contributed by atoms with van der Waals surface area (Å²) in [6.07, 6.45) is 5.07. The van der Waals surface area contributed by atoms with Crippen LogP contribution >= 0.6 is 0 Å². The number of aromatic nitrogens is 2. The maximum Gasteiger partial charge on any atom is 0.337 e. The van der Waals surface area contributed by atoms with Gasteiger partial charge in [-0.25, -0.2) is 4.79 Å². The van der Waals surface area contributed by atoms with Gasteiger partial charge in [-0.3, -0.25) is 9.40 Å². The molecule has 2 aromatic rings. The zero-order chi connectivity index (χ0) is 16.6. The van der Waals surface area contributed by atoms with Crippen LogP contribution in [0.3, 0.4) is 0 Å². The van der Waals surface area contributed by atoms with Crippen molar-refractivity contribution >= 4 is 21.7 Å². The van der Waals surface area contributed by atoms with E-state index in [1.165, 1.54) is 24.0 Å². The molecule has 23 heavy (non-hydrogen) atoms. The predicted molar refractivity (Wildman–Crippen MR) is 84.1 cm³/mol. The lowest BCUT2D eigenvalue weighted by atomic mass is 9.89. The molecule has 3 rings (SSSR count). The van der Waals surface area contributed by atoms with Crippen LogP contribution in [0.1, 0.15) is 34.3 Å². The fraction of sp³-hybridized carbons (Fsp3) is 0.333. The van der Waals surface area contributed by atoms with E-state index in [1.54, 1.807) is 12.1 Å². The zero-order valence-electron chi connectivity index (χ0n) is 12.6. The Morgan fingerprint density at radius 3 is 2.48 bits per heavy atom. The molecule has 0 spiro atoms. The third-order valence-electron chi connectivity index (χ3n) is 4.01. The number of hydrogen-bond acceptors (Lipinski definition) is 4. The summed E-state index contributed by atoms with van der Waals surface area (Å²) >= 11 is 0. The van der Waals surface area contributed by atoms with Crippen LogP contribution in [0.25, 0.3) is 0 Å². The SMILES string of the molecule is Cn1nccc1S(=O)(=O)Nc1cc2c(cc1C(=O)O)CCCC2. The van der Waals surface area contributed by atoms with Crippen molar-refractivity contribution in [1.29, 1.82) is 0 Å². The highest BCUT2D eigenvalue weighted by Gasteiger charge is 2.23. The van der Waals surface area contributed by atoms with Crippen LogP contribution in [0.5, 0.6) is 0 Å². The highest BCUT2D eigenvalue weighted by molar-refractivity contribution is 7.92. The summed E-state index contributed by atoms with van der Waals surface area (Å²) in [4.78, 5) is 11.5. The molecule has 0 amide bonds. The molecule has 122 valence electrons. The van der Waals surface area contributed by atoms with Crippen LogP contribution in [0.15, 0.2) is 29.4 Å². The number of carboxylic acid groups (broad SMARTS) is 1. The van der Waals surface area contributed by atoms with Gasteiger partial charge in [-0.2, -0.15) is 13.5 Å². The van der Waals surface area contributed by atoms with Gasteiger partial charge in [0.1, 0.15) is 0 Å². The van der Waals surface area contributed by atoms with Gasteiger partial charge in [0.05, 0.1) is 17.4 Å². The molecular formula is C15H17N3O4S. The Kier molecular flexibility index (Phi) is 3.85. The molecule has 0 bridgehead atoms. The number of anilines is 1. The standard InChI is InChI=1S/C15H17N3O4S/c1-18-14(6-7-16-18)23(21,22)17-13-9-11-5-3-2-4-10(11)8-12(13)15(19)20/h6-9,17H,2-5H2,1H3,(H,19,20). The molecule has 1 aromatic carbocycles. The molecule has 0 saturated carbocycles. The van der Waals surface area contributed by atoms with Crippen LogP contribution in [-0.4, -0.2) is 29.3 Å². The highest BCUT2D eigenvalue weighted by Crippen LogP contribution is 2.29. The van der Waals surface area contributed by atoms with Crippen molar-refractivity contribution in [2.45, 2.75) is 30.7 Å². The lowest BCUT2D eigenvalue weighted by molar-refractivity contribution is 0.0698. The molecule has 0 fully saturated rings. The molecule has 7 nitrogen and oxygen atoms in total. The summed E-state index contributed by atoms with van der Waals surface area (Å²) in [5.74, 6) is -1.15. The van der Waals surface area contributed by atoms with Crippen molar-refractivity contribution in [1.82, 2.24) is 9.78 Å². The molecule has 0 unspecified atom stereocenters. The summed E-state index contributed by atoms with van der Waals surface area (Å²) in [7, 11) is -2.38. The van der Waals surface area contributed by atoms with Gasteiger partial charge in [0.15, 0.2) is 5.03 Å². The van der Waals surface area contributed by atoms with Gasteiger partial charge < -0.3 is 5.11 Å². The van der Waals surface area contributed by atoms with Crippen molar-refractivity contribution in [3.05, 3.63) is 41.1 Å². The first-order chi connectivity index (χ1) is 10.9. The lowest BCUT2D eigenvalue weighted by Crippen LogP contribution is -2.19. The van der Waals surface area contributed by atoms with Gasteiger partial charge in [-0.1, -0.05) is 0 Å². The van der Waals surface area contributed by atoms with Crippen molar-refractivity contribution in [2.75, 3.05) is 4.72 Å². The van der Waals surface area contributed by atoms with Gasteiger partial charge >= 0.3 is 5.97 Å². The van der Waals surface area contributed by atoms with Crippen LogP contribution in [0.4, 0.5) is 5.69 Å². The molecule has 1 aromatic heterocycles. The van der Waals surface area contributed by atoms with E-state index in [4.69, 9.17) is 0 Å². The van der Waals surface area contributed by atoms with E-state index in [0.717, 1.165) is 36.8 Å². The third kappa shape index (κ3) is 2.94. The number of nitrogens with one attached hydrogen (secondary N) is 1. The predicted octanol–water partition coefficient (Wildman–Crippen LogP) is 1.80. The molecule has 0 atom stereocenters. The Balaban J connectivity index is 2.05. The number of aryl methyl sites for hydroxylation is 3. The number of nitrogens with zero attached hydrogens (tertiary/aromatic N) is 2. The molecule has 8 heteroatoms. The number of hydrogen-bond donors (Lipinski definition) is 2. The van der Waals surface area contributed by atoms with Gasteiger partial charge in [-0.15, -0.1) is 0 Å². The second-order valence-corrected chi connectivity index (χ2v) is 7.21. The number of benzene rings is 1. The summed E-state index contributed by atoms with van der Waals surface area (Å²) in [5, 5.41) is 13.2. The third-order valence-corrected chi connectivity index (χ3v) is 5.45. The normalized spacial score (nSPS) is 14.3. The maximum atomic E-state index is 12.5. The first kappa shape index (κ1) is 15.5. The van der Waals surface area contributed by atoms with Crippen LogP contribution in [0.2, 0.25) is 0 Å². The summed E-state index contributed by atoms with van der Waals surface area (Å²) in [5.41, 5.74) is 2.05. The first-order valence-electron chi connectivity index (χ1n) is 7.28. The Morgan fingerprint density at radius 2 is 1.91 bits per heavy atom. The highest BCUT2D eigenvalue weighted by atomic mass is 32.2. The Labute approximate surface area is 134 Å². The molecule has 1 aliphatic carbocycles. The van der Waals surface area contributed by atoms with E-state index in [2.05, 4.69) is 9.82 Å². The fourth-order valence-corrected chi connectivity index (χ4v) is 4.07. The molecular weight excluding hydrogens is 318 g/mol. The fourth-order valence-electron chi connectivity index (χ4n) is 2.87. The maximum absolute atomic E-state index is 12.5. The van der Waals surface area contributed by atoms with Crippen molar-refractivity contribution in [3.63, 3.8) is 0 Å². The average Bonchev–Trinajstić information content (AvgIpc) is 2.93. The number of aromatic carboxylic acids is 1. The van der Waals surface area contributed by atoms with E-state index in [-0.39, 0.29) is 16.3 Å². The summed E-state index contributed by atoms with van der Waals surface area (Å²) < 4.78 is 28.5. The number of carbonyl (C=O) groups is 1. The van der Waals surface area contributed by atoms with Crippen LogP contribution < -0.4 is 4.72 Å². The van der Waals surface area contributed by atoms with Crippen molar-refractivity contribution < 1.29 is 18.3 Å². The van der Waals surface area contributed by atoms with Gasteiger partial charge in [0, 0.05) is 7.05 Å². The van der Waals surface area contributed by atoms with E-state index in [1.807, 2.05) is 0 Å². The molecule has 1 aliphatic rings. The van der Waals surface area contributed by atoms with Crippen molar-refractivity contribution in [2.24, 2.45) is 7.05 Å². The van der Waals surface area contributed by atoms with Gasteiger partial charge in [0.2, 0.25) is 0 Å². The molecule has 0 aliphatic heterocycles. The van der Waals surface area contributed by atoms with E-state index in [9.17, 15) is 18.3 Å². The van der Waals surface area contributed by atoms with Crippen molar-refractivity contribution in [3.8, 4) is 0 Å². The number of carboxylic acids is 1. The molecule has 0 radical (unpaired) electrons. The van der Waals surface area contributed by atoms with E-state index >= 15 is 0 Å². The quantitative estimate of drug-likeness (QED) is 0.887. The molecule has 1 heterocycles. The average molecular weight is 335 g/mol. The monoisotopic (exact) mass is 335 g/mol. The zero-order valence-corrected chi connectivity index (χ0v) is 13.4. The largest absolute Gasteiger partial charge is 0.478 e. The molecule has 0 saturated heterocycles. The minimum absolute atomic E-state index is 0.0217. The number of fused-ring (bicyclic) bond motifs is 1. The second-order valence-electron chi connectivity index (χ2n) is 5.58. The van der Waals surface area contributed by atoms with Gasteiger partial charge in [0.25, 0.3) is 10.0 Å². The van der Waals surface area contributed by atoms with E-state index in [0.29, 0.717) is 0 Å². The van der Waals surface area contributed by atoms with E-state index < -0.39 is 16.0 Å². The summed E-state index contributed by atoms with van der Waals surface area (Å²) in [6.45, 7) is 0. The lowest BCUT2D eigenvalue weighted by Gasteiger charge is -2.19. The second kappa shape index (κ2) is 5.69. The Bertz CT molecular complexity index is 871. The summed E-state index contributed by atoms with van der Waals surface area (Å²) in [6, 6.07) is 4.59. The smallest absolute Gasteiger partial charge is 0.337 e. The molecule has 2 N–H and O–H groups in total. The van der Waals surface area contributed by atoms with Gasteiger partial charge in [-0.05, 0) is 55.0 Å². The van der Waals surface area contributed by atoms with Crippen LogP contribution in [-0.2, 0) is 29.9 Å². The number of rotatable bonds is 4. The number of sulfonamides is 1. The van der Waals surface area contributed by atoms with Crippen LogP contribution in [0, 0.1) is 0 Å². The Morgan fingerprint density at radius 1 is 1.26 bits per heavy atom. The first-order valence-corrected chi connectivity index (χ1v) is 8.77. The minimum atomic E-state index is -3.90. The minimum Gasteiger partial charge on any atom is -0.478 e. The Hall–Kier alpha value is -2.35. The topological polar surface area (TPSA) is 101 Å².